The van der Waals surface area contributed by atoms with E-state index in [-0.39, 0.29) is 34.9 Å². The average molecular weight is 486 g/mol. The van der Waals surface area contributed by atoms with Gasteiger partial charge in [-0.3, -0.25) is 4.79 Å². The fourth-order valence-corrected chi connectivity index (χ4v) is 3.05. The Labute approximate surface area is 196 Å². The number of hydrogen-bond acceptors (Lipinski definition) is 9. The van der Waals surface area contributed by atoms with Crippen LogP contribution in [0.4, 0.5) is 24.9 Å². The van der Waals surface area contributed by atoms with E-state index in [1.54, 1.807) is 6.07 Å². The molecule has 3 heterocycles. The van der Waals surface area contributed by atoms with E-state index in [9.17, 15) is 18.0 Å². The summed E-state index contributed by atoms with van der Waals surface area (Å²) >= 11 is 0. The first-order chi connectivity index (χ1) is 16.7. The molecule has 0 amide bonds. The molecule has 1 atom stereocenters. The molecule has 0 aliphatic carbocycles. The Morgan fingerprint density at radius 1 is 1.14 bits per heavy atom. The highest BCUT2D eigenvalue weighted by molar-refractivity contribution is 5.75. The van der Waals surface area contributed by atoms with Crippen molar-refractivity contribution in [3.63, 3.8) is 0 Å². The lowest BCUT2D eigenvalue weighted by atomic mass is 10.1. The molecule has 5 N–H and O–H groups in total. The van der Waals surface area contributed by atoms with E-state index in [0.29, 0.717) is 23.8 Å². The van der Waals surface area contributed by atoms with Gasteiger partial charge in [0, 0.05) is 24.3 Å². The van der Waals surface area contributed by atoms with Crippen LogP contribution in [-0.2, 0) is 6.18 Å². The molecule has 0 spiro atoms. The van der Waals surface area contributed by atoms with Gasteiger partial charge in [-0.25, -0.2) is 19.9 Å². The number of aromatic amines is 1. The van der Waals surface area contributed by atoms with Crippen molar-refractivity contribution in [1.29, 1.82) is 0 Å². The zero-order valence-corrected chi connectivity index (χ0v) is 18.6. The average Bonchev–Trinajstić information content (AvgIpc) is 3.29. The smallest absolute Gasteiger partial charge is 0.416 e. The molecule has 1 unspecified atom stereocenters. The fourth-order valence-electron chi connectivity index (χ4n) is 3.05. The molecular weight excluding hydrogens is 465 g/mol. The lowest BCUT2D eigenvalue weighted by molar-refractivity contribution is -0.137. The van der Waals surface area contributed by atoms with E-state index in [1.165, 1.54) is 24.5 Å². The minimum absolute atomic E-state index is 0.0262. The lowest BCUT2D eigenvalue weighted by Crippen LogP contribution is -2.29. The first kappa shape index (κ1) is 23.9. The monoisotopic (exact) mass is 486 g/mol. The molecule has 182 valence electrons. The van der Waals surface area contributed by atoms with Crippen molar-refractivity contribution >= 4 is 11.8 Å². The molecular formula is C22H21F3N8O2. The van der Waals surface area contributed by atoms with Gasteiger partial charge < -0.3 is 25.8 Å². The fraction of sp³-hybridized carbons (Fsp3) is 0.227. The van der Waals surface area contributed by atoms with Crippen LogP contribution in [0.15, 0.2) is 51.9 Å². The summed E-state index contributed by atoms with van der Waals surface area (Å²) in [5.74, 6) is 0.286. The Morgan fingerprint density at radius 3 is 2.54 bits per heavy atom. The van der Waals surface area contributed by atoms with Crippen LogP contribution in [0.2, 0.25) is 0 Å². The summed E-state index contributed by atoms with van der Waals surface area (Å²) in [4.78, 5) is 31.6. The second-order valence-corrected chi connectivity index (χ2v) is 7.62. The molecule has 35 heavy (non-hydrogen) atoms. The number of oxazole rings is 1. The summed E-state index contributed by atoms with van der Waals surface area (Å²) < 4.78 is 44.8. The van der Waals surface area contributed by atoms with Crippen molar-refractivity contribution in [2.75, 3.05) is 24.6 Å². The molecule has 13 heteroatoms. The predicted molar refractivity (Wildman–Crippen MR) is 123 cm³/mol. The molecule has 4 aromatic rings. The molecule has 3 aromatic heterocycles. The van der Waals surface area contributed by atoms with Crippen LogP contribution in [0.25, 0.3) is 34.3 Å². The van der Waals surface area contributed by atoms with Gasteiger partial charge in [-0.15, -0.1) is 0 Å². The minimum Gasteiger partial charge on any atom is -0.434 e. The van der Waals surface area contributed by atoms with Crippen LogP contribution in [0.5, 0.6) is 0 Å². The summed E-state index contributed by atoms with van der Waals surface area (Å²) in [6, 6.07) is 6.09. The number of H-pyrrole nitrogens is 1. The van der Waals surface area contributed by atoms with Crippen molar-refractivity contribution in [3.8, 4) is 34.3 Å². The highest BCUT2D eigenvalue weighted by Gasteiger charge is 2.30. The van der Waals surface area contributed by atoms with Crippen molar-refractivity contribution < 1.29 is 17.6 Å². The van der Waals surface area contributed by atoms with Crippen LogP contribution < -0.4 is 21.9 Å². The Morgan fingerprint density at radius 2 is 1.89 bits per heavy atom. The first-order valence-electron chi connectivity index (χ1n) is 10.4. The summed E-state index contributed by atoms with van der Waals surface area (Å²) in [5.41, 5.74) is 5.10. The van der Waals surface area contributed by atoms with Gasteiger partial charge in [-0.2, -0.15) is 13.2 Å². The van der Waals surface area contributed by atoms with Crippen LogP contribution in [-0.4, -0.2) is 44.6 Å². The van der Waals surface area contributed by atoms with Gasteiger partial charge >= 0.3 is 6.18 Å². The largest absolute Gasteiger partial charge is 0.434 e. The first-order valence-corrected chi connectivity index (χ1v) is 10.4. The molecule has 1 aromatic carbocycles. The van der Waals surface area contributed by atoms with Crippen molar-refractivity contribution in [2.45, 2.75) is 19.1 Å². The summed E-state index contributed by atoms with van der Waals surface area (Å²) in [6.45, 7) is 2.53. The van der Waals surface area contributed by atoms with Crippen LogP contribution in [0.1, 0.15) is 12.5 Å². The van der Waals surface area contributed by atoms with Crippen LogP contribution in [0, 0.1) is 0 Å². The maximum atomic E-state index is 13.0. The maximum Gasteiger partial charge on any atom is 0.416 e. The zero-order valence-electron chi connectivity index (χ0n) is 18.6. The Hall–Kier alpha value is -4.26. The van der Waals surface area contributed by atoms with E-state index in [1.807, 2.05) is 14.0 Å². The highest BCUT2D eigenvalue weighted by Crippen LogP contribution is 2.35. The Bertz CT molecular complexity index is 1380. The summed E-state index contributed by atoms with van der Waals surface area (Å²) in [7, 11) is 1.83. The van der Waals surface area contributed by atoms with Gasteiger partial charge in [-0.1, -0.05) is 0 Å². The molecule has 0 aliphatic rings. The number of halogens is 3. The lowest BCUT2D eigenvalue weighted by Gasteiger charge is -2.11. The van der Waals surface area contributed by atoms with Gasteiger partial charge in [0.05, 0.1) is 17.5 Å². The zero-order chi connectivity index (χ0) is 25.2. The number of nitrogen functional groups attached to an aromatic ring is 1. The topological polar surface area (TPSA) is 148 Å². The van der Waals surface area contributed by atoms with E-state index in [4.69, 9.17) is 10.2 Å². The van der Waals surface area contributed by atoms with Gasteiger partial charge in [0.15, 0.2) is 11.6 Å². The normalized spacial score (nSPS) is 12.5. The molecule has 0 saturated carbocycles. The van der Waals surface area contributed by atoms with Gasteiger partial charge in [-0.05, 0) is 44.3 Å². The minimum atomic E-state index is -4.48. The van der Waals surface area contributed by atoms with E-state index < -0.39 is 17.3 Å². The number of benzene rings is 1. The van der Waals surface area contributed by atoms with Crippen molar-refractivity contribution in [2.24, 2.45) is 0 Å². The number of nitrogens with one attached hydrogen (secondary N) is 3. The predicted octanol–water partition coefficient (Wildman–Crippen LogP) is 3.17. The number of nitrogens with two attached hydrogens (primary N) is 1. The second kappa shape index (κ2) is 9.54. The summed E-state index contributed by atoms with van der Waals surface area (Å²) in [5, 5.41) is 6.19. The number of hydrogen-bond donors (Lipinski definition) is 4. The highest BCUT2D eigenvalue weighted by atomic mass is 19.4. The van der Waals surface area contributed by atoms with E-state index in [2.05, 4.69) is 35.6 Å². The number of alkyl halides is 3. The third-order valence-electron chi connectivity index (χ3n) is 5.10. The van der Waals surface area contributed by atoms with Crippen molar-refractivity contribution in [1.82, 2.24) is 30.2 Å². The molecule has 10 nitrogen and oxygen atoms in total. The van der Waals surface area contributed by atoms with Crippen molar-refractivity contribution in [3.05, 3.63) is 58.6 Å². The molecule has 0 saturated heterocycles. The SMILES string of the molecule is CNC(C)CNc1nccc(-c2oc(-c3ccc(C(F)(F)F)cc3)nc2-c2cnc(N)c(=O)[nH]2)n1. The third-order valence-corrected chi connectivity index (χ3v) is 5.10. The molecule has 0 fully saturated rings. The Kier molecular flexibility index (Phi) is 6.51. The molecule has 4 rings (SSSR count). The number of aromatic nitrogens is 5. The van der Waals surface area contributed by atoms with Crippen LogP contribution >= 0.6 is 0 Å². The van der Waals surface area contributed by atoms with Gasteiger partial charge in [0.1, 0.15) is 11.4 Å². The van der Waals surface area contributed by atoms with E-state index in [0.717, 1.165) is 12.1 Å². The molecule has 0 aliphatic heterocycles. The third kappa shape index (κ3) is 5.30. The maximum absolute atomic E-state index is 13.0. The van der Waals surface area contributed by atoms with E-state index >= 15 is 0 Å². The molecule has 0 bridgehead atoms. The summed E-state index contributed by atoms with van der Waals surface area (Å²) in [6.07, 6.45) is -1.65. The number of anilines is 2. The Balaban J connectivity index is 1.79. The number of likely N-dealkylation sites (N-methyl/N-ethyl adjacent to an activating group) is 1. The number of nitrogens with zero attached hydrogens (tertiary/aromatic N) is 4. The standard InChI is InChI=1S/C22H21F3N8O2/c1-11(27-2)9-30-21-28-8-7-14(32-21)17-16(15-10-29-18(26)19(34)31-15)33-20(35-17)12-3-5-13(6-4-12)22(23,24)25/h3-8,10-11,27H,9H2,1-2H3,(H2,26,29)(H,31,34)(H,28,30,32). The van der Waals surface area contributed by atoms with Gasteiger partial charge in [0.2, 0.25) is 11.8 Å². The van der Waals surface area contributed by atoms with Gasteiger partial charge in [0.25, 0.3) is 5.56 Å². The number of rotatable bonds is 7. The second-order valence-electron chi connectivity index (χ2n) is 7.62. The van der Waals surface area contributed by atoms with Crippen LogP contribution in [0.3, 0.4) is 0 Å². The quantitative estimate of drug-likeness (QED) is 0.309. The molecule has 0 radical (unpaired) electrons.